The highest BCUT2D eigenvalue weighted by Crippen LogP contribution is 2.29. The van der Waals surface area contributed by atoms with Gasteiger partial charge in [-0.05, 0) is 19.1 Å². The Balaban J connectivity index is 1.52. The molecule has 2 saturated heterocycles. The van der Waals surface area contributed by atoms with E-state index in [4.69, 9.17) is 9.47 Å². The third kappa shape index (κ3) is 3.72. The molecule has 2 fully saturated rings. The molecule has 7 heteroatoms. The molecule has 130 valence electrons. The molecule has 2 N–H and O–H groups in total. The highest BCUT2D eigenvalue weighted by molar-refractivity contribution is 5.90. The first-order valence-electron chi connectivity index (χ1n) is 8.39. The topological polar surface area (TPSA) is 79.9 Å². The van der Waals surface area contributed by atoms with Gasteiger partial charge in [0.2, 0.25) is 5.91 Å². The van der Waals surface area contributed by atoms with Crippen molar-refractivity contribution in [1.29, 1.82) is 0 Å². The van der Waals surface area contributed by atoms with Crippen LogP contribution in [-0.4, -0.2) is 55.2 Å². The SMILES string of the molecule is CCOc1ccccc1OC1CCN(C(=O)[C@@H]2CNC(=O)N2)CC1. The lowest BCUT2D eigenvalue weighted by atomic mass is 10.1. The lowest BCUT2D eigenvalue weighted by molar-refractivity contribution is -0.134. The zero-order valence-electron chi connectivity index (χ0n) is 13.8. The Labute approximate surface area is 141 Å². The number of carbonyl (C=O) groups excluding carboxylic acids is 2. The second-order valence-electron chi connectivity index (χ2n) is 5.93. The number of urea groups is 1. The van der Waals surface area contributed by atoms with Crippen LogP contribution in [-0.2, 0) is 4.79 Å². The fourth-order valence-corrected chi connectivity index (χ4v) is 3.02. The Morgan fingerprint density at radius 3 is 2.58 bits per heavy atom. The summed E-state index contributed by atoms with van der Waals surface area (Å²) in [5.41, 5.74) is 0. The molecule has 24 heavy (non-hydrogen) atoms. The number of hydrogen-bond acceptors (Lipinski definition) is 4. The Hall–Kier alpha value is -2.44. The summed E-state index contributed by atoms with van der Waals surface area (Å²) >= 11 is 0. The van der Waals surface area contributed by atoms with E-state index in [9.17, 15) is 9.59 Å². The summed E-state index contributed by atoms with van der Waals surface area (Å²) in [6, 6.07) is 6.91. The minimum atomic E-state index is -0.450. The predicted molar refractivity (Wildman–Crippen MR) is 88.2 cm³/mol. The van der Waals surface area contributed by atoms with Crippen molar-refractivity contribution in [1.82, 2.24) is 15.5 Å². The standard InChI is InChI=1S/C17H23N3O4/c1-2-23-14-5-3-4-6-15(14)24-12-7-9-20(10-8-12)16(21)13-11-18-17(22)19-13/h3-6,12-13H,2,7-11H2,1H3,(H2,18,19,22)/t13-/m0/s1. The number of nitrogens with zero attached hydrogens (tertiary/aromatic N) is 1. The average molecular weight is 333 g/mol. The largest absolute Gasteiger partial charge is 0.490 e. The van der Waals surface area contributed by atoms with Crippen LogP contribution in [0.3, 0.4) is 0 Å². The van der Waals surface area contributed by atoms with Gasteiger partial charge in [0.1, 0.15) is 12.1 Å². The fraction of sp³-hybridized carbons (Fsp3) is 0.529. The highest BCUT2D eigenvalue weighted by Gasteiger charge is 2.33. The molecule has 1 aromatic rings. The van der Waals surface area contributed by atoms with E-state index in [-0.39, 0.29) is 18.0 Å². The van der Waals surface area contributed by atoms with Crippen LogP contribution in [0.2, 0.25) is 0 Å². The van der Waals surface area contributed by atoms with Gasteiger partial charge in [-0.15, -0.1) is 0 Å². The molecule has 0 bridgehead atoms. The zero-order valence-corrected chi connectivity index (χ0v) is 13.8. The first kappa shape index (κ1) is 16.4. The number of nitrogens with one attached hydrogen (secondary N) is 2. The van der Waals surface area contributed by atoms with Crippen molar-refractivity contribution in [3.05, 3.63) is 24.3 Å². The smallest absolute Gasteiger partial charge is 0.315 e. The van der Waals surface area contributed by atoms with E-state index in [0.29, 0.717) is 26.2 Å². The van der Waals surface area contributed by atoms with E-state index in [1.165, 1.54) is 0 Å². The van der Waals surface area contributed by atoms with Gasteiger partial charge in [0.05, 0.1) is 6.61 Å². The molecule has 3 rings (SSSR count). The monoisotopic (exact) mass is 333 g/mol. The van der Waals surface area contributed by atoms with E-state index in [1.807, 2.05) is 31.2 Å². The van der Waals surface area contributed by atoms with Crippen LogP contribution in [0, 0.1) is 0 Å². The summed E-state index contributed by atoms with van der Waals surface area (Å²) in [4.78, 5) is 25.3. The molecule has 1 atom stereocenters. The number of amides is 3. The van der Waals surface area contributed by atoms with E-state index in [0.717, 1.165) is 24.3 Å². The number of benzene rings is 1. The molecule has 3 amide bonds. The van der Waals surface area contributed by atoms with Gasteiger partial charge >= 0.3 is 6.03 Å². The first-order chi connectivity index (χ1) is 11.7. The average Bonchev–Trinajstić information content (AvgIpc) is 3.03. The fourth-order valence-electron chi connectivity index (χ4n) is 3.02. The molecule has 2 aliphatic heterocycles. The first-order valence-corrected chi connectivity index (χ1v) is 8.39. The van der Waals surface area contributed by atoms with Crippen LogP contribution < -0.4 is 20.1 Å². The number of likely N-dealkylation sites (tertiary alicyclic amines) is 1. The van der Waals surface area contributed by atoms with Gasteiger partial charge < -0.3 is 25.0 Å². The summed E-state index contributed by atoms with van der Waals surface area (Å²) in [6.07, 6.45) is 1.59. The molecule has 7 nitrogen and oxygen atoms in total. The molecule has 2 heterocycles. The van der Waals surface area contributed by atoms with E-state index in [1.54, 1.807) is 4.90 Å². The van der Waals surface area contributed by atoms with Gasteiger partial charge in [-0.25, -0.2) is 4.79 Å². The summed E-state index contributed by atoms with van der Waals surface area (Å²) in [5.74, 6) is 1.47. The Morgan fingerprint density at radius 1 is 1.25 bits per heavy atom. The van der Waals surface area contributed by atoms with Gasteiger partial charge in [-0.2, -0.15) is 0 Å². The molecule has 1 aromatic carbocycles. The van der Waals surface area contributed by atoms with Crippen LogP contribution in [0.4, 0.5) is 4.79 Å². The molecule has 0 aromatic heterocycles. The van der Waals surface area contributed by atoms with Gasteiger partial charge in [0.15, 0.2) is 11.5 Å². The highest BCUT2D eigenvalue weighted by atomic mass is 16.5. The van der Waals surface area contributed by atoms with Crippen molar-refractivity contribution in [3.63, 3.8) is 0 Å². The molecule has 0 radical (unpaired) electrons. The van der Waals surface area contributed by atoms with Crippen molar-refractivity contribution in [3.8, 4) is 11.5 Å². The van der Waals surface area contributed by atoms with Gasteiger partial charge in [0.25, 0.3) is 0 Å². The Kier molecular flexibility index (Phi) is 5.08. The van der Waals surface area contributed by atoms with Crippen LogP contribution in [0.15, 0.2) is 24.3 Å². The zero-order chi connectivity index (χ0) is 16.9. The van der Waals surface area contributed by atoms with Gasteiger partial charge in [0, 0.05) is 32.5 Å². The molecular weight excluding hydrogens is 310 g/mol. The number of ether oxygens (including phenoxy) is 2. The normalized spacial score (nSPS) is 21.1. The number of hydrogen-bond donors (Lipinski definition) is 2. The molecule has 0 unspecified atom stereocenters. The number of para-hydroxylation sites is 2. The maximum absolute atomic E-state index is 12.4. The predicted octanol–water partition coefficient (Wildman–Crippen LogP) is 1.14. The van der Waals surface area contributed by atoms with Crippen LogP contribution in [0.25, 0.3) is 0 Å². The Bertz CT molecular complexity index is 599. The number of carbonyl (C=O) groups is 2. The Morgan fingerprint density at radius 2 is 1.96 bits per heavy atom. The number of rotatable bonds is 5. The third-order valence-corrected chi connectivity index (χ3v) is 4.27. The van der Waals surface area contributed by atoms with Crippen molar-refractivity contribution < 1.29 is 19.1 Å². The van der Waals surface area contributed by atoms with Crippen LogP contribution in [0.5, 0.6) is 11.5 Å². The maximum Gasteiger partial charge on any atom is 0.315 e. The minimum Gasteiger partial charge on any atom is -0.490 e. The third-order valence-electron chi connectivity index (χ3n) is 4.27. The van der Waals surface area contributed by atoms with Crippen molar-refractivity contribution >= 4 is 11.9 Å². The number of piperidine rings is 1. The molecule has 0 spiro atoms. The molecule has 0 saturated carbocycles. The second kappa shape index (κ2) is 7.42. The summed E-state index contributed by atoms with van der Waals surface area (Å²) in [5, 5.41) is 5.25. The van der Waals surface area contributed by atoms with E-state index < -0.39 is 6.04 Å². The summed E-state index contributed by atoms with van der Waals surface area (Å²) in [7, 11) is 0. The van der Waals surface area contributed by atoms with Gasteiger partial charge in [-0.3, -0.25) is 4.79 Å². The van der Waals surface area contributed by atoms with Crippen molar-refractivity contribution in [2.75, 3.05) is 26.2 Å². The lowest BCUT2D eigenvalue weighted by Gasteiger charge is -2.33. The summed E-state index contributed by atoms with van der Waals surface area (Å²) < 4.78 is 11.6. The molecule has 2 aliphatic rings. The van der Waals surface area contributed by atoms with Gasteiger partial charge in [-0.1, -0.05) is 12.1 Å². The van der Waals surface area contributed by atoms with E-state index >= 15 is 0 Å². The van der Waals surface area contributed by atoms with Crippen molar-refractivity contribution in [2.24, 2.45) is 0 Å². The van der Waals surface area contributed by atoms with Crippen LogP contribution >= 0.6 is 0 Å². The summed E-state index contributed by atoms with van der Waals surface area (Å²) in [6.45, 7) is 4.15. The van der Waals surface area contributed by atoms with Crippen LogP contribution in [0.1, 0.15) is 19.8 Å². The second-order valence-corrected chi connectivity index (χ2v) is 5.93. The van der Waals surface area contributed by atoms with E-state index in [2.05, 4.69) is 10.6 Å². The maximum atomic E-state index is 12.4. The minimum absolute atomic E-state index is 0.0264. The van der Waals surface area contributed by atoms with Crippen molar-refractivity contribution in [2.45, 2.75) is 31.9 Å². The molecular formula is C17H23N3O4. The quantitative estimate of drug-likeness (QED) is 0.847. The molecule has 0 aliphatic carbocycles. The lowest BCUT2D eigenvalue weighted by Crippen LogP contribution is -2.49.